The lowest BCUT2D eigenvalue weighted by Crippen LogP contribution is -2.50. The first-order chi connectivity index (χ1) is 18.1. The average Bonchev–Trinajstić information content (AvgIpc) is 3.59. The fraction of sp³-hybridized carbons (Fsp3) is 0.483. The van der Waals surface area contributed by atoms with Crippen LogP contribution in [0, 0.1) is 23.2 Å². The molecule has 3 fully saturated rings. The first-order valence-electron chi connectivity index (χ1n) is 13.5. The second-order valence-corrected chi connectivity index (χ2v) is 10.7. The molecule has 2 atom stereocenters. The second kappa shape index (κ2) is 10.1. The highest BCUT2D eigenvalue weighted by molar-refractivity contribution is 5.81. The molecule has 7 nitrogen and oxygen atoms in total. The lowest BCUT2D eigenvalue weighted by Gasteiger charge is -2.38. The number of anilines is 1. The second-order valence-electron chi connectivity index (χ2n) is 10.7. The van der Waals surface area contributed by atoms with Crippen LogP contribution in [0.1, 0.15) is 37.2 Å². The average molecular weight is 501 g/mol. The van der Waals surface area contributed by atoms with Gasteiger partial charge in [-0.25, -0.2) is 8.91 Å². The van der Waals surface area contributed by atoms with Crippen LogP contribution in [-0.4, -0.2) is 65.9 Å². The van der Waals surface area contributed by atoms with E-state index in [1.165, 1.54) is 0 Å². The van der Waals surface area contributed by atoms with Gasteiger partial charge in [0.1, 0.15) is 6.17 Å². The molecule has 1 aromatic carbocycles. The molecule has 6 rings (SSSR count). The molecule has 1 amide bonds. The third kappa shape index (κ3) is 4.69. The summed E-state index contributed by atoms with van der Waals surface area (Å²) in [4.78, 5) is 17.4. The Hall–Kier alpha value is -3.44. The maximum atomic E-state index is 14.1. The highest BCUT2D eigenvalue weighted by Gasteiger charge is 2.31. The van der Waals surface area contributed by atoms with E-state index in [1.807, 2.05) is 33.9 Å². The SMILES string of the molecule is N#CC1CCC(C(=O)N2CCN(c3ccnn4cc(-c5ccc(C6CNCC6F)cc5)cc34)CC2)CC1. The van der Waals surface area contributed by atoms with Crippen molar-refractivity contribution in [2.24, 2.45) is 11.8 Å². The van der Waals surface area contributed by atoms with Gasteiger partial charge in [0.05, 0.1) is 17.3 Å². The molecule has 192 valence electrons. The first kappa shape index (κ1) is 23.9. The number of carbonyl (C=O) groups excluding carboxylic acids is 1. The summed E-state index contributed by atoms with van der Waals surface area (Å²) in [5, 5.41) is 16.8. The third-order valence-corrected chi connectivity index (χ3v) is 8.49. The van der Waals surface area contributed by atoms with E-state index in [9.17, 15) is 9.18 Å². The van der Waals surface area contributed by atoms with E-state index in [0.29, 0.717) is 26.2 Å². The summed E-state index contributed by atoms with van der Waals surface area (Å²) >= 11 is 0. The predicted molar refractivity (Wildman–Crippen MR) is 141 cm³/mol. The van der Waals surface area contributed by atoms with E-state index in [-0.39, 0.29) is 23.7 Å². The van der Waals surface area contributed by atoms with Crippen molar-refractivity contribution >= 4 is 17.1 Å². The van der Waals surface area contributed by atoms with Gasteiger partial charge in [0, 0.05) is 75.0 Å². The zero-order valence-electron chi connectivity index (χ0n) is 21.0. The van der Waals surface area contributed by atoms with Crippen LogP contribution in [0.25, 0.3) is 16.6 Å². The molecule has 2 aliphatic heterocycles. The molecular weight excluding hydrogens is 467 g/mol. The van der Waals surface area contributed by atoms with E-state index in [0.717, 1.165) is 66.7 Å². The maximum absolute atomic E-state index is 14.1. The number of halogens is 1. The van der Waals surface area contributed by atoms with Crippen LogP contribution in [0.5, 0.6) is 0 Å². The van der Waals surface area contributed by atoms with Crippen LogP contribution in [0.15, 0.2) is 48.8 Å². The molecule has 3 aliphatic rings. The van der Waals surface area contributed by atoms with Gasteiger partial charge >= 0.3 is 0 Å². The summed E-state index contributed by atoms with van der Waals surface area (Å²) < 4.78 is 16.1. The number of nitrogens with zero attached hydrogens (tertiary/aromatic N) is 5. The number of nitrogens with one attached hydrogen (secondary N) is 1. The van der Waals surface area contributed by atoms with Crippen molar-refractivity contribution in [3.63, 3.8) is 0 Å². The van der Waals surface area contributed by atoms with Crippen LogP contribution in [0.4, 0.5) is 10.1 Å². The molecule has 37 heavy (non-hydrogen) atoms. The van der Waals surface area contributed by atoms with Gasteiger partial charge in [0.2, 0.25) is 5.91 Å². The number of alkyl halides is 1. The lowest BCUT2D eigenvalue weighted by molar-refractivity contribution is -0.137. The highest BCUT2D eigenvalue weighted by Crippen LogP contribution is 2.33. The Morgan fingerprint density at radius 1 is 1.00 bits per heavy atom. The van der Waals surface area contributed by atoms with Crippen LogP contribution >= 0.6 is 0 Å². The molecule has 0 radical (unpaired) electrons. The van der Waals surface area contributed by atoms with Crippen molar-refractivity contribution in [1.82, 2.24) is 19.8 Å². The largest absolute Gasteiger partial charge is 0.366 e. The minimum atomic E-state index is -0.830. The van der Waals surface area contributed by atoms with Crippen molar-refractivity contribution in [2.45, 2.75) is 37.8 Å². The van der Waals surface area contributed by atoms with Crippen molar-refractivity contribution < 1.29 is 9.18 Å². The Morgan fingerprint density at radius 2 is 1.76 bits per heavy atom. The number of amides is 1. The van der Waals surface area contributed by atoms with E-state index in [4.69, 9.17) is 5.26 Å². The van der Waals surface area contributed by atoms with E-state index >= 15 is 0 Å². The minimum Gasteiger partial charge on any atom is -0.366 e. The van der Waals surface area contributed by atoms with Gasteiger partial charge in [-0.15, -0.1) is 0 Å². The Balaban J connectivity index is 1.14. The number of rotatable bonds is 4. The topological polar surface area (TPSA) is 76.7 Å². The van der Waals surface area contributed by atoms with Crippen LogP contribution in [0.2, 0.25) is 0 Å². The number of aromatic nitrogens is 2. The summed E-state index contributed by atoms with van der Waals surface area (Å²) in [6, 6.07) is 14.8. The van der Waals surface area contributed by atoms with Gasteiger partial charge in [0.25, 0.3) is 0 Å². The van der Waals surface area contributed by atoms with Crippen LogP contribution in [-0.2, 0) is 4.79 Å². The monoisotopic (exact) mass is 500 g/mol. The number of piperazine rings is 1. The maximum Gasteiger partial charge on any atom is 0.225 e. The number of carbonyl (C=O) groups is 1. The smallest absolute Gasteiger partial charge is 0.225 e. The molecule has 8 heteroatoms. The summed E-state index contributed by atoms with van der Waals surface area (Å²) in [7, 11) is 0. The van der Waals surface area contributed by atoms with Crippen molar-refractivity contribution in [3.8, 4) is 17.2 Å². The molecule has 3 aromatic rings. The fourth-order valence-electron chi connectivity index (χ4n) is 6.22. The standard InChI is InChI=1S/C29H33FN6O/c30-26-18-32-17-25(26)22-7-5-21(6-8-22)24-15-28-27(9-10-33-36(28)19-24)34-11-13-35(14-12-34)29(37)23-3-1-20(16-31)2-4-23/h5-10,15,19-20,23,25-26,32H,1-4,11-14,17-18H2. The Kier molecular flexibility index (Phi) is 6.56. The molecule has 2 saturated heterocycles. The summed E-state index contributed by atoms with van der Waals surface area (Å²) in [6.45, 7) is 4.11. The molecule has 0 bridgehead atoms. The first-order valence-corrected chi connectivity index (χ1v) is 13.5. The zero-order valence-corrected chi connectivity index (χ0v) is 21.0. The predicted octanol–water partition coefficient (Wildman–Crippen LogP) is 4.00. The Bertz CT molecular complexity index is 1300. The summed E-state index contributed by atoms with van der Waals surface area (Å²) in [6.07, 6.45) is 6.40. The number of fused-ring (bicyclic) bond motifs is 1. The molecule has 1 N–H and O–H groups in total. The summed E-state index contributed by atoms with van der Waals surface area (Å²) in [5.41, 5.74) is 5.36. The molecule has 1 saturated carbocycles. The van der Waals surface area contributed by atoms with Crippen LogP contribution < -0.4 is 10.2 Å². The van der Waals surface area contributed by atoms with Crippen molar-refractivity contribution in [1.29, 1.82) is 5.26 Å². The normalized spacial score (nSPS) is 26.4. The van der Waals surface area contributed by atoms with Gasteiger partial charge in [-0.2, -0.15) is 10.4 Å². The zero-order chi connectivity index (χ0) is 25.4. The van der Waals surface area contributed by atoms with Gasteiger partial charge in [0.15, 0.2) is 0 Å². The molecule has 4 heterocycles. The number of benzene rings is 1. The Morgan fingerprint density at radius 3 is 2.43 bits per heavy atom. The number of nitriles is 1. The van der Waals surface area contributed by atoms with Crippen molar-refractivity contribution in [3.05, 3.63) is 54.4 Å². The van der Waals surface area contributed by atoms with Gasteiger partial charge < -0.3 is 15.1 Å². The molecular formula is C29H33FN6O. The van der Waals surface area contributed by atoms with E-state index < -0.39 is 6.17 Å². The van der Waals surface area contributed by atoms with Gasteiger partial charge in [-0.05, 0) is 48.9 Å². The number of hydrogen-bond donors (Lipinski definition) is 1. The molecule has 1 aliphatic carbocycles. The van der Waals surface area contributed by atoms with Crippen molar-refractivity contribution in [2.75, 3.05) is 44.2 Å². The van der Waals surface area contributed by atoms with E-state index in [2.05, 4.69) is 45.7 Å². The molecule has 0 spiro atoms. The lowest BCUT2D eigenvalue weighted by atomic mass is 9.82. The number of hydrogen-bond acceptors (Lipinski definition) is 5. The Labute approximate surface area is 216 Å². The molecule has 2 aromatic heterocycles. The van der Waals surface area contributed by atoms with Gasteiger partial charge in [-0.3, -0.25) is 4.79 Å². The minimum absolute atomic E-state index is 0.0732. The fourth-order valence-corrected chi connectivity index (χ4v) is 6.22. The molecule has 2 unspecified atom stereocenters. The summed E-state index contributed by atoms with van der Waals surface area (Å²) in [5.74, 6) is 0.376. The highest BCUT2D eigenvalue weighted by atomic mass is 19.1. The van der Waals surface area contributed by atoms with Gasteiger partial charge in [-0.1, -0.05) is 24.3 Å². The third-order valence-electron chi connectivity index (χ3n) is 8.49. The quantitative estimate of drug-likeness (QED) is 0.586. The van der Waals surface area contributed by atoms with Crippen LogP contribution in [0.3, 0.4) is 0 Å². The van der Waals surface area contributed by atoms with E-state index in [1.54, 1.807) is 0 Å².